The molecule has 2 saturated heterocycles. The average Bonchev–Trinajstić information content (AvgIpc) is 3.27. The molecule has 2 fully saturated rings. The molecule has 0 radical (unpaired) electrons. The van der Waals surface area contributed by atoms with Crippen molar-refractivity contribution in [3.05, 3.63) is 17.5 Å². The number of thiophene rings is 1. The molecule has 0 amide bonds. The molecule has 0 aromatic carbocycles. The molecule has 0 bridgehead atoms. The van der Waals surface area contributed by atoms with E-state index in [2.05, 4.69) is 4.72 Å². The molecule has 1 atom stereocenters. The summed E-state index contributed by atoms with van der Waals surface area (Å²) in [6.45, 7) is 1.43. The van der Waals surface area contributed by atoms with E-state index in [4.69, 9.17) is 4.74 Å². The fraction of sp³-hybridized carbons (Fsp3) is 0.733. The Kier molecular flexibility index (Phi) is 6.17. The number of hydrogen-bond acceptors (Lipinski definition) is 6. The molecule has 1 aromatic heterocycles. The van der Waals surface area contributed by atoms with Crippen LogP contribution in [0.1, 0.15) is 32.1 Å². The van der Waals surface area contributed by atoms with Crippen molar-refractivity contribution in [3.8, 4) is 0 Å². The standard InChI is InChI=1S/C15H24N2O5S3/c18-24(19,12-7-14-3-1-10-22-14)17-8-5-13(6-9-17)16-25(20,21)15-4-2-11-23-15/h2,4,11,13-14,16H,1,3,5-10,12H2/t14-/m1/s1. The highest BCUT2D eigenvalue weighted by Crippen LogP contribution is 2.21. The van der Waals surface area contributed by atoms with Crippen LogP contribution in [0.4, 0.5) is 0 Å². The van der Waals surface area contributed by atoms with Crippen LogP contribution in [-0.4, -0.2) is 58.7 Å². The fourth-order valence-corrected chi connectivity index (χ4v) is 7.13. The van der Waals surface area contributed by atoms with E-state index in [1.165, 1.54) is 15.6 Å². The normalized spacial score (nSPS) is 23.9. The lowest BCUT2D eigenvalue weighted by atomic mass is 10.1. The van der Waals surface area contributed by atoms with E-state index in [0.717, 1.165) is 19.4 Å². The first kappa shape index (κ1) is 19.2. The summed E-state index contributed by atoms with van der Waals surface area (Å²) in [6.07, 6.45) is 3.51. The smallest absolute Gasteiger partial charge is 0.250 e. The Morgan fingerprint density at radius 3 is 2.56 bits per heavy atom. The summed E-state index contributed by atoms with van der Waals surface area (Å²) in [6, 6.07) is 3.04. The number of piperidine rings is 1. The van der Waals surface area contributed by atoms with Gasteiger partial charge in [0.25, 0.3) is 0 Å². The molecular weight excluding hydrogens is 384 g/mol. The van der Waals surface area contributed by atoms with Gasteiger partial charge in [0, 0.05) is 25.7 Å². The molecule has 25 heavy (non-hydrogen) atoms. The summed E-state index contributed by atoms with van der Waals surface area (Å²) in [7, 11) is -6.81. The molecular formula is C15H24N2O5S3. The lowest BCUT2D eigenvalue weighted by Gasteiger charge is -2.31. The number of nitrogens with zero attached hydrogens (tertiary/aromatic N) is 1. The predicted molar refractivity (Wildman–Crippen MR) is 96.6 cm³/mol. The summed E-state index contributed by atoms with van der Waals surface area (Å²) >= 11 is 1.17. The van der Waals surface area contributed by atoms with Crippen LogP contribution in [0.5, 0.6) is 0 Å². The number of ether oxygens (including phenoxy) is 1. The zero-order valence-electron chi connectivity index (χ0n) is 14.0. The van der Waals surface area contributed by atoms with Crippen molar-refractivity contribution in [2.45, 2.75) is 48.5 Å². The number of nitrogens with one attached hydrogen (secondary N) is 1. The number of rotatable bonds is 7. The molecule has 0 aliphatic carbocycles. The maximum Gasteiger partial charge on any atom is 0.250 e. The summed E-state index contributed by atoms with van der Waals surface area (Å²) in [5.41, 5.74) is 0. The van der Waals surface area contributed by atoms with Crippen LogP contribution in [-0.2, 0) is 24.8 Å². The maximum absolute atomic E-state index is 12.5. The predicted octanol–water partition coefficient (Wildman–Crippen LogP) is 1.39. The Hall–Kier alpha value is -0.520. The van der Waals surface area contributed by atoms with Gasteiger partial charge in [-0.25, -0.2) is 25.9 Å². The van der Waals surface area contributed by atoms with Gasteiger partial charge in [0.2, 0.25) is 20.0 Å². The van der Waals surface area contributed by atoms with Crippen molar-refractivity contribution in [1.82, 2.24) is 9.03 Å². The molecule has 0 saturated carbocycles. The SMILES string of the molecule is O=S(=O)(NC1CCN(S(=O)(=O)CC[C@H]2CCCO2)CC1)c1cccs1. The van der Waals surface area contributed by atoms with Gasteiger partial charge in [0.05, 0.1) is 11.9 Å². The third-order valence-corrected chi connectivity index (χ3v) is 9.47. The van der Waals surface area contributed by atoms with Crippen LogP contribution in [0.2, 0.25) is 0 Å². The highest BCUT2D eigenvalue weighted by molar-refractivity contribution is 7.91. The van der Waals surface area contributed by atoms with Crippen molar-refractivity contribution in [2.24, 2.45) is 0 Å². The van der Waals surface area contributed by atoms with Crippen molar-refractivity contribution in [2.75, 3.05) is 25.4 Å². The second-order valence-corrected chi connectivity index (χ2v) is 11.4. The number of sulfonamides is 2. The second-order valence-electron chi connectivity index (χ2n) is 6.47. The third-order valence-electron chi connectivity index (χ3n) is 4.65. The van der Waals surface area contributed by atoms with Crippen LogP contribution in [0.3, 0.4) is 0 Å². The van der Waals surface area contributed by atoms with Gasteiger partial charge >= 0.3 is 0 Å². The molecule has 1 N–H and O–H groups in total. The molecule has 142 valence electrons. The number of hydrogen-bond donors (Lipinski definition) is 1. The highest BCUT2D eigenvalue weighted by Gasteiger charge is 2.31. The Bertz CT molecular complexity index is 747. The van der Waals surface area contributed by atoms with Gasteiger partial charge < -0.3 is 4.74 Å². The zero-order valence-corrected chi connectivity index (χ0v) is 16.4. The van der Waals surface area contributed by atoms with E-state index in [1.54, 1.807) is 17.5 Å². The van der Waals surface area contributed by atoms with E-state index in [9.17, 15) is 16.8 Å². The molecule has 3 heterocycles. The van der Waals surface area contributed by atoms with Crippen molar-refractivity contribution < 1.29 is 21.6 Å². The van der Waals surface area contributed by atoms with E-state index in [0.29, 0.717) is 36.6 Å². The van der Waals surface area contributed by atoms with Gasteiger partial charge in [-0.05, 0) is 43.6 Å². The summed E-state index contributed by atoms with van der Waals surface area (Å²) in [4.78, 5) is 0. The van der Waals surface area contributed by atoms with Crippen molar-refractivity contribution >= 4 is 31.4 Å². The Labute approximate surface area is 153 Å². The van der Waals surface area contributed by atoms with Gasteiger partial charge in [-0.2, -0.15) is 0 Å². The fourth-order valence-electron chi connectivity index (χ4n) is 3.23. The lowest BCUT2D eigenvalue weighted by Crippen LogP contribution is -2.47. The minimum absolute atomic E-state index is 0.0601. The van der Waals surface area contributed by atoms with Crippen LogP contribution in [0, 0.1) is 0 Å². The van der Waals surface area contributed by atoms with Gasteiger partial charge in [-0.15, -0.1) is 11.3 Å². The molecule has 1 aromatic rings. The minimum Gasteiger partial charge on any atom is -0.378 e. The van der Waals surface area contributed by atoms with Gasteiger partial charge in [0.1, 0.15) is 4.21 Å². The first-order chi connectivity index (χ1) is 11.9. The largest absolute Gasteiger partial charge is 0.378 e. The average molecular weight is 409 g/mol. The molecule has 0 spiro atoms. The minimum atomic E-state index is -3.51. The Balaban J connectivity index is 1.49. The quantitative estimate of drug-likeness (QED) is 0.736. The van der Waals surface area contributed by atoms with E-state index in [1.807, 2.05) is 0 Å². The topological polar surface area (TPSA) is 92.8 Å². The van der Waals surface area contributed by atoms with Gasteiger partial charge in [-0.3, -0.25) is 0 Å². The van der Waals surface area contributed by atoms with Gasteiger partial charge in [-0.1, -0.05) is 6.07 Å². The monoisotopic (exact) mass is 408 g/mol. The third kappa shape index (κ3) is 5.01. The lowest BCUT2D eigenvalue weighted by molar-refractivity contribution is 0.108. The molecule has 3 rings (SSSR count). The van der Waals surface area contributed by atoms with Crippen molar-refractivity contribution in [3.63, 3.8) is 0 Å². The van der Waals surface area contributed by atoms with Crippen LogP contribution in [0.15, 0.2) is 21.7 Å². The Morgan fingerprint density at radius 1 is 1.20 bits per heavy atom. The highest BCUT2D eigenvalue weighted by atomic mass is 32.2. The van der Waals surface area contributed by atoms with E-state index < -0.39 is 20.0 Å². The van der Waals surface area contributed by atoms with Crippen LogP contribution >= 0.6 is 11.3 Å². The molecule has 2 aliphatic heterocycles. The van der Waals surface area contributed by atoms with Crippen molar-refractivity contribution in [1.29, 1.82) is 0 Å². The first-order valence-corrected chi connectivity index (χ1v) is 12.5. The summed E-state index contributed by atoms with van der Waals surface area (Å²) < 4.78 is 59.3. The first-order valence-electron chi connectivity index (χ1n) is 8.52. The van der Waals surface area contributed by atoms with E-state index >= 15 is 0 Å². The van der Waals surface area contributed by atoms with Gasteiger partial charge in [0.15, 0.2) is 0 Å². The molecule has 10 heteroatoms. The van der Waals surface area contributed by atoms with E-state index in [-0.39, 0.29) is 17.9 Å². The maximum atomic E-state index is 12.5. The van der Waals surface area contributed by atoms with Crippen LogP contribution in [0.25, 0.3) is 0 Å². The molecule has 0 unspecified atom stereocenters. The summed E-state index contributed by atoms with van der Waals surface area (Å²) in [5, 5.41) is 1.72. The Morgan fingerprint density at radius 2 is 1.96 bits per heavy atom. The summed E-state index contributed by atoms with van der Waals surface area (Å²) in [5.74, 6) is 0.100. The molecule has 7 nitrogen and oxygen atoms in total. The van der Waals surface area contributed by atoms with Crippen LogP contribution < -0.4 is 4.72 Å². The zero-order chi connectivity index (χ0) is 17.9. The second kappa shape index (κ2) is 8.01. The molecule has 2 aliphatic rings.